The Hall–Kier alpha value is -0.980. The van der Waals surface area contributed by atoms with Gasteiger partial charge in [0.1, 0.15) is 0 Å². The first-order chi connectivity index (χ1) is 7.09. The van der Waals surface area contributed by atoms with Crippen LogP contribution < -0.4 is 5.32 Å². The quantitative estimate of drug-likeness (QED) is 0.771. The number of hydrogen-bond donors (Lipinski definition) is 1. The van der Waals surface area contributed by atoms with Gasteiger partial charge in [0, 0.05) is 11.7 Å². The van der Waals surface area contributed by atoms with E-state index < -0.39 is 0 Å². The summed E-state index contributed by atoms with van der Waals surface area (Å²) in [6.45, 7) is 9.13. The summed E-state index contributed by atoms with van der Waals surface area (Å²) in [5.74, 6) is 1.34. The van der Waals surface area contributed by atoms with Crippen molar-refractivity contribution in [2.24, 2.45) is 5.92 Å². The molecule has 0 radical (unpaired) electrons. The second kappa shape index (κ2) is 3.88. The number of nitrogens with one attached hydrogen (secondary N) is 1. The van der Waals surface area contributed by atoms with Crippen molar-refractivity contribution in [3.63, 3.8) is 0 Å². The van der Waals surface area contributed by atoms with Crippen molar-refractivity contribution in [1.82, 2.24) is 0 Å². The Morgan fingerprint density at radius 2 is 1.93 bits per heavy atom. The van der Waals surface area contributed by atoms with E-state index in [2.05, 4.69) is 51.2 Å². The molecule has 0 amide bonds. The van der Waals surface area contributed by atoms with E-state index in [1.165, 1.54) is 17.7 Å². The van der Waals surface area contributed by atoms with Crippen LogP contribution in [0.1, 0.15) is 44.7 Å². The van der Waals surface area contributed by atoms with Gasteiger partial charge < -0.3 is 5.32 Å². The van der Waals surface area contributed by atoms with Crippen molar-refractivity contribution in [1.29, 1.82) is 0 Å². The van der Waals surface area contributed by atoms with Crippen molar-refractivity contribution in [3.05, 3.63) is 29.3 Å². The fourth-order valence-corrected chi connectivity index (χ4v) is 2.38. The molecule has 0 spiro atoms. The standard InChI is InChI=1S/C14H21N/c1-9(2)11-6-5-7-13-12(11)8-14(15-13)10(3)4/h5-7,9-10,14-15H,8H2,1-4H3. The van der Waals surface area contributed by atoms with Crippen molar-refractivity contribution in [2.75, 3.05) is 5.32 Å². The molecule has 0 aromatic heterocycles. The zero-order valence-electron chi connectivity index (χ0n) is 10.2. The number of rotatable bonds is 2. The van der Waals surface area contributed by atoms with Crippen LogP contribution in [0, 0.1) is 5.92 Å². The average molecular weight is 203 g/mol. The van der Waals surface area contributed by atoms with Gasteiger partial charge in [-0.05, 0) is 35.4 Å². The van der Waals surface area contributed by atoms with Crippen LogP contribution in [-0.2, 0) is 6.42 Å². The minimum Gasteiger partial charge on any atom is -0.381 e. The van der Waals surface area contributed by atoms with Gasteiger partial charge >= 0.3 is 0 Å². The molecule has 0 fully saturated rings. The van der Waals surface area contributed by atoms with Crippen LogP contribution in [0.2, 0.25) is 0 Å². The predicted molar refractivity (Wildman–Crippen MR) is 66.5 cm³/mol. The Morgan fingerprint density at radius 1 is 1.20 bits per heavy atom. The summed E-state index contributed by atoms with van der Waals surface area (Å²) in [6.07, 6.45) is 1.20. The largest absolute Gasteiger partial charge is 0.381 e. The number of anilines is 1. The van der Waals surface area contributed by atoms with Crippen LogP contribution in [0.3, 0.4) is 0 Å². The molecule has 1 heteroatoms. The lowest BCUT2D eigenvalue weighted by molar-refractivity contribution is 0.537. The van der Waals surface area contributed by atoms with Crippen molar-refractivity contribution < 1.29 is 0 Å². The first-order valence-corrected chi connectivity index (χ1v) is 5.98. The van der Waals surface area contributed by atoms with E-state index in [1.54, 1.807) is 5.56 Å². The Morgan fingerprint density at radius 3 is 2.53 bits per heavy atom. The SMILES string of the molecule is CC(C)c1cccc2c1CC(C(C)C)N2. The lowest BCUT2D eigenvalue weighted by Gasteiger charge is -2.14. The van der Waals surface area contributed by atoms with Crippen LogP contribution in [0.5, 0.6) is 0 Å². The minimum absolute atomic E-state index is 0.625. The van der Waals surface area contributed by atoms with Crippen molar-refractivity contribution in [2.45, 2.75) is 46.1 Å². The van der Waals surface area contributed by atoms with Gasteiger partial charge in [0.15, 0.2) is 0 Å². The monoisotopic (exact) mass is 203 g/mol. The van der Waals surface area contributed by atoms with Crippen molar-refractivity contribution in [3.8, 4) is 0 Å². The lowest BCUT2D eigenvalue weighted by atomic mass is 9.92. The maximum atomic E-state index is 3.63. The van der Waals surface area contributed by atoms with Crippen molar-refractivity contribution >= 4 is 5.69 Å². The smallest absolute Gasteiger partial charge is 0.0378 e. The molecule has 1 N–H and O–H groups in total. The number of fused-ring (bicyclic) bond motifs is 1. The third kappa shape index (κ3) is 1.88. The average Bonchev–Trinajstić information content (AvgIpc) is 2.60. The highest BCUT2D eigenvalue weighted by Gasteiger charge is 2.25. The Kier molecular flexibility index (Phi) is 2.72. The summed E-state index contributed by atoms with van der Waals surface area (Å²) in [7, 11) is 0. The zero-order valence-corrected chi connectivity index (χ0v) is 10.2. The number of hydrogen-bond acceptors (Lipinski definition) is 1. The molecule has 82 valence electrons. The molecule has 1 aliphatic rings. The van der Waals surface area contributed by atoms with E-state index in [9.17, 15) is 0 Å². The fourth-order valence-electron chi connectivity index (χ4n) is 2.38. The highest BCUT2D eigenvalue weighted by Crippen LogP contribution is 2.34. The second-order valence-corrected chi connectivity index (χ2v) is 5.23. The lowest BCUT2D eigenvalue weighted by Crippen LogP contribution is -2.22. The Bertz CT molecular complexity index is 352. The van der Waals surface area contributed by atoms with E-state index in [0.29, 0.717) is 17.9 Å². The summed E-state index contributed by atoms with van der Waals surface area (Å²) >= 11 is 0. The van der Waals surface area contributed by atoms with Crippen LogP contribution in [0.4, 0.5) is 5.69 Å². The summed E-state index contributed by atoms with van der Waals surface area (Å²) in [4.78, 5) is 0. The molecule has 1 aliphatic heterocycles. The van der Waals surface area contributed by atoms with Gasteiger partial charge in [0.05, 0.1) is 0 Å². The highest BCUT2D eigenvalue weighted by atomic mass is 15.0. The first-order valence-electron chi connectivity index (χ1n) is 5.98. The maximum absolute atomic E-state index is 3.63. The van der Waals surface area contributed by atoms with Gasteiger partial charge in [0.25, 0.3) is 0 Å². The van der Waals surface area contributed by atoms with Crippen LogP contribution >= 0.6 is 0 Å². The molecular weight excluding hydrogens is 182 g/mol. The molecule has 2 rings (SSSR count). The molecule has 15 heavy (non-hydrogen) atoms. The summed E-state index contributed by atoms with van der Waals surface area (Å²) in [5.41, 5.74) is 4.43. The van der Waals surface area contributed by atoms with E-state index >= 15 is 0 Å². The normalized spacial score (nSPS) is 19.5. The van der Waals surface area contributed by atoms with E-state index in [1.807, 2.05) is 0 Å². The third-order valence-electron chi connectivity index (χ3n) is 3.40. The summed E-state index contributed by atoms with van der Waals surface area (Å²) in [5, 5.41) is 3.63. The van der Waals surface area contributed by atoms with Crippen LogP contribution in [-0.4, -0.2) is 6.04 Å². The van der Waals surface area contributed by atoms with Gasteiger partial charge in [-0.3, -0.25) is 0 Å². The second-order valence-electron chi connectivity index (χ2n) is 5.23. The molecule has 1 nitrogen and oxygen atoms in total. The van der Waals surface area contributed by atoms with Gasteiger partial charge in [-0.25, -0.2) is 0 Å². The molecule has 0 aliphatic carbocycles. The van der Waals surface area contributed by atoms with Crippen LogP contribution in [0.25, 0.3) is 0 Å². The zero-order chi connectivity index (χ0) is 11.0. The molecule has 0 saturated heterocycles. The van der Waals surface area contributed by atoms with E-state index in [0.717, 1.165) is 0 Å². The predicted octanol–water partition coefficient (Wildman–Crippen LogP) is 3.80. The Balaban J connectivity index is 2.33. The third-order valence-corrected chi connectivity index (χ3v) is 3.40. The van der Waals surface area contributed by atoms with Crippen LogP contribution in [0.15, 0.2) is 18.2 Å². The van der Waals surface area contributed by atoms with Gasteiger partial charge in [-0.2, -0.15) is 0 Å². The van der Waals surface area contributed by atoms with Gasteiger partial charge in [0.2, 0.25) is 0 Å². The maximum Gasteiger partial charge on any atom is 0.0378 e. The molecule has 0 saturated carbocycles. The molecule has 1 heterocycles. The summed E-state index contributed by atoms with van der Waals surface area (Å²) in [6, 6.07) is 7.28. The number of benzene rings is 1. The molecule has 1 atom stereocenters. The van der Waals surface area contributed by atoms with E-state index in [4.69, 9.17) is 0 Å². The van der Waals surface area contributed by atoms with Gasteiger partial charge in [-0.1, -0.05) is 39.8 Å². The molecular formula is C14H21N. The molecule has 1 unspecified atom stereocenters. The summed E-state index contributed by atoms with van der Waals surface area (Å²) < 4.78 is 0. The first kappa shape index (κ1) is 10.5. The minimum atomic E-state index is 0.625. The Labute approximate surface area is 92.9 Å². The molecule has 1 aromatic carbocycles. The van der Waals surface area contributed by atoms with E-state index in [-0.39, 0.29) is 0 Å². The molecule has 0 bridgehead atoms. The molecule has 1 aromatic rings. The van der Waals surface area contributed by atoms with Gasteiger partial charge in [-0.15, -0.1) is 0 Å². The fraction of sp³-hybridized carbons (Fsp3) is 0.571. The topological polar surface area (TPSA) is 12.0 Å². The highest BCUT2D eigenvalue weighted by molar-refractivity contribution is 5.60.